The summed E-state index contributed by atoms with van der Waals surface area (Å²) >= 11 is 0. The number of aromatic hydroxyl groups is 1. The van der Waals surface area contributed by atoms with Crippen LogP contribution in [-0.2, 0) is 14.3 Å². The number of benzene rings is 2. The van der Waals surface area contributed by atoms with E-state index in [1.807, 2.05) is 39.8 Å². The van der Waals surface area contributed by atoms with Gasteiger partial charge in [0.1, 0.15) is 11.5 Å². The Labute approximate surface area is 176 Å². The van der Waals surface area contributed by atoms with Gasteiger partial charge >= 0.3 is 0 Å². The Hall–Kier alpha value is -3.12. The third-order valence-electron chi connectivity index (χ3n) is 5.16. The first-order chi connectivity index (χ1) is 14.2. The van der Waals surface area contributed by atoms with Gasteiger partial charge in [-0.15, -0.1) is 0 Å². The molecule has 1 fully saturated rings. The number of rotatable bonds is 6. The fraction of sp³-hybridized carbons (Fsp3) is 0.333. The molecular formula is C24H27NO5. The van der Waals surface area contributed by atoms with Crippen molar-refractivity contribution in [2.45, 2.75) is 39.8 Å². The summed E-state index contributed by atoms with van der Waals surface area (Å²) in [5, 5.41) is 21.1. The molecule has 0 aliphatic carbocycles. The molecule has 3 rings (SSSR count). The molecule has 158 valence electrons. The highest BCUT2D eigenvalue weighted by molar-refractivity contribution is 6.46. The lowest BCUT2D eigenvalue weighted by atomic mass is 9.93. The summed E-state index contributed by atoms with van der Waals surface area (Å²) in [6.45, 7) is 7.95. The fourth-order valence-electron chi connectivity index (χ4n) is 3.67. The zero-order valence-corrected chi connectivity index (χ0v) is 17.7. The van der Waals surface area contributed by atoms with E-state index in [1.54, 1.807) is 18.2 Å². The lowest BCUT2D eigenvalue weighted by Crippen LogP contribution is -2.33. The van der Waals surface area contributed by atoms with E-state index in [2.05, 4.69) is 0 Å². The second-order valence-electron chi connectivity index (χ2n) is 7.83. The number of amides is 1. The van der Waals surface area contributed by atoms with Crippen LogP contribution >= 0.6 is 0 Å². The van der Waals surface area contributed by atoms with E-state index in [0.717, 1.165) is 11.1 Å². The van der Waals surface area contributed by atoms with Crippen LogP contribution in [0.1, 0.15) is 42.1 Å². The number of hydrogen-bond acceptors (Lipinski definition) is 5. The van der Waals surface area contributed by atoms with Crippen molar-refractivity contribution in [2.75, 3.05) is 13.2 Å². The molecule has 2 aromatic carbocycles. The van der Waals surface area contributed by atoms with Gasteiger partial charge in [0, 0.05) is 12.1 Å². The van der Waals surface area contributed by atoms with E-state index in [4.69, 9.17) is 4.74 Å². The molecule has 6 nitrogen and oxygen atoms in total. The Morgan fingerprint density at radius 1 is 1.13 bits per heavy atom. The van der Waals surface area contributed by atoms with Gasteiger partial charge in [-0.05, 0) is 57.0 Å². The number of hydrogen-bond donors (Lipinski definition) is 2. The van der Waals surface area contributed by atoms with E-state index in [-0.39, 0.29) is 36.3 Å². The number of aliphatic hydroxyl groups excluding tert-OH is 1. The second kappa shape index (κ2) is 8.71. The van der Waals surface area contributed by atoms with Crippen LogP contribution in [0.25, 0.3) is 5.76 Å². The number of carbonyl (C=O) groups excluding carboxylic acids is 2. The van der Waals surface area contributed by atoms with Crippen molar-refractivity contribution >= 4 is 17.4 Å². The van der Waals surface area contributed by atoms with Crippen molar-refractivity contribution in [2.24, 2.45) is 0 Å². The lowest BCUT2D eigenvalue weighted by Gasteiger charge is -2.26. The number of carbonyl (C=O) groups is 2. The molecular weight excluding hydrogens is 382 g/mol. The summed E-state index contributed by atoms with van der Waals surface area (Å²) in [7, 11) is 0. The van der Waals surface area contributed by atoms with Gasteiger partial charge in [-0.25, -0.2) is 0 Å². The molecule has 0 radical (unpaired) electrons. The Morgan fingerprint density at radius 2 is 1.87 bits per heavy atom. The molecule has 30 heavy (non-hydrogen) atoms. The number of phenols is 1. The number of likely N-dealkylation sites (tertiary alicyclic amines) is 1. The molecule has 0 bridgehead atoms. The van der Waals surface area contributed by atoms with Gasteiger partial charge in [-0.1, -0.05) is 29.8 Å². The van der Waals surface area contributed by atoms with E-state index < -0.39 is 17.7 Å². The van der Waals surface area contributed by atoms with Gasteiger partial charge in [-0.2, -0.15) is 0 Å². The van der Waals surface area contributed by atoms with Crippen molar-refractivity contribution in [3.05, 3.63) is 70.3 Å². The zero-order chi connectivity index (χ0) is 22.0. The molecule has 1 aliphatic rings. The summed E-state index contributed by atoms with van der Waals surface area (Å²) < 4.78 is 5.58. The van der Waals surface area contributed by atoms with Crippen LogP contribution in [0.3, 0.4) is 0 Å². The average molecular weight is 409 g/mol. The number of ketones is 1. The molecule has 6 heteroatoms. The average Bonchev–Trinajstić information content (AvgIpc) is 2.94. The van der Waals surface area contributed by atoms with Crippen molar-refractivity contribution in [1.82, 2.24) is 4.90 Å². The predicted octanol–water partition coefficient (Wildman–Crippen LogP) is 3.86. The third kappa shape index (κ3) is 4.24. The lowest BCUT2D eigenvalue weighted by molar-refractivity contribution is -0.140. The fourth-order valence-corrected chi connectivity index (χ4v) is 3.67. The maximum absolute atomic E-state index is 13.0. The minimum atomic E-state index is -0.812. The highest BCUT2D eigenvalue weighted by Crippen LogP contribution is 2.40. The van der Waals surface area contributed by atoms with E-state index >= 15 is 0 Å². The monoisotopic (exact) mass is 409 g/mol. The molecule has 0 saturated carbocycles. The minimum absolute atomic E-state index is 0.0169. The maximum Gasteiger partial charge on any atom is 0.295 e. The van der Waals surface area contributed by atoms with E-state index in [0.29, 0.717) is 11.1 Å². The molecule has 1 heterocycles. The van der Waals surface area contributed by atoms with Gasteiger partial charge in [-0.3, -0.25) is 9.59 Å². The van der Waals surface area contributed by atoms with E-state index in [9.17, 15) is 19.8 Å². The summed E-state index contributed by atoms with van der Waals surface area (Å²) in [4.78, 5) is 27.2. The molecule has 1 atom stereocenters. The number of phenolic OH excluding ortho intramolecular Hbond substituents is 1. The van der Waals surface area contributed by atoms with E-state index in [1.165, 1.54) is 17.0 Å². The van der Waals surface area contributed by atoms with Crippen molar-refractivity contribution in [1.29, 1.82) is 0 Å². The normalized spacial score (nSPS) is 18.4. The first-order valence-electron chi connectivity index (χ1n) is 9.97. The van der Waals surface area contributed by atoms with Crippen molar-refractivity contribution in [3.8, 4) is 5.75 Å². The summed E-state index contributed by atoms with van der Waals surface area (Å²) in [6, 6.07) is 11.1. The van der Waals surface area contributed by atoms with Crippen LogP contribution in [0.15, 0.2) is 48.0 Å². The quantitative estimate of drug-likeness (QED) is 0.430. The zero-order valence-electron chi connectivity index (χ0n) is 17.7. The Bertz CT molecular complexity index is 1010. The first-order valence-corrected chi connectivity index (χ1v) is 9.97. The van der Waals surface area contributed by atoms with Crippen LogP contribution in [0, 0.1) is 13.8 Å². The Kier molecular flexibility index (Phi) is 6.27. The Morgan fingerprint density at radius 3 is 2.53 bits per heavy atom. The number of ether oxygens (including phenoxy) is 1. The number of nitrogens with zero attached hydrogens (tertiary/aromatic N) is 1. The second-order valence-corrected chi connectivity index (χ2v) is 7.83. The third-order valence-corrected chi connectivity index (χ3v) is 5.16. The maximum atomic E-state index is 13.0. The minimum Gasteiger partial charge on any atom is -0.508 e. The van der Waals surface area contributed by atoms with Crippen LogP contribution in [-0.4, -0.2) is 46.1 Å². The number of aryl methyl sites for hydroxylation is 2. The molecule has 0 spiro atoms. The largest absolute Gasteiger partial charge is 0.508 e. The number of Topliss-reactive ketones (excluding diaryl/α,β-unsaturated/α-hetero) is 1. The van der Waals surface area contributed by atoms with Crippen molar-refractivity contribution < 1.29 is 24.5 Å². The van der Waals surface area contributed by atoms with Crippen LogP contribution in [0.2, 0.25) is 0 Å². The smallest absolute Gasteiger partial charge is 0.295 e. The summed E-state index contributed by atoms with van der Waals surface area (Å²) in [5.74, 6) is -1.63. The van der Waals surface area contributed by atoms with Gasteiger partial charge in [0.2, 0.25) is 0 Å². The predicted molar refractivity (Wildman–Crippen MR) is 114 cm³/mol. The van der Waals surface area contributed by atoms with Gasteiger partial charge in [0.25, 0.3) is 11.7 Å². The molecule has 2 N–H and O–H groups in total. The first kappa shape index (κ1) is 21.6. The highest BCUT2D eigenvalue weighted by Gasteiger charge is 2.46. The molecule has 1 amide bonds. The topological polar surface area (TPSA) is 87.1 Å². The van der Waals surface area contributed by atoms with Gasteiger partial charge in [0.15, 0.2) is 0 Å². The highest BCUT2D eigenvalue weighted by atomic mass is 16.5. The summed E-state index contributed by atoms with van der Waals surface area (Å²) in [5.41, 5.74) is 2.80. The van der Waals surface area contributed by atoms with Gasteiger partial charge < -0.3 is 19.8 Å². The van der Waals surface area contributed by atoms with Crippen LogP contribution in [0.5, 0.6) is 5.75 Å². The van der Waals surface area contributed by atoms with Crippen LogP contribution in [0.4, 0.5) is 0 Å². The Balaban J connectivity index is 2.15. The van der Waals surface area contributed by atoms with Gasteiger partial charge in [0.05, 0.1) is 24.3 Å². The number of aliphatic hydroxyl groups is 1. The molecule has 1 saturated heterocycles. The SMILES string of the molecule is Cc1ccc(C)c(/C(O)=C2\C(=O)C(=O)N(CCOC(C)C)C2c2cccc(O)c2)c1. The van der Waals surface area contributed by atoms with Crippen LogP contribution < -0.4 is 0 Å². The molecule has 1 aliphatic heterocycles. The standard InChI is InChI=1S/C24H27NO5/c1-14(2)30-11-10-25-21(17-6-5-7-18(26)13-17)20(23(28)24(25)29)22(27)19-12-15(3)8-9-16(19)4/h5-9,12-14,21,26-27H,10-11H2,1-4H3/b22-20+. The molecule has 2 aromatic rings. The molecule has 1 unspecified atom stereocenters. The van der Waals surface area contributed by atoms with Crippen molar-refractivity contribution in [3.63, 3.8) is 0 Å². The molecule has 0 aromatic heterocycles. The summed E-state index contributed by atoms with van der Waals surface area (Å²) in [6.07, 6.45) is -0.0176.